The Labute approximate surface area is 293 Å². The first-order valence-electron chi connectivity index (χ1n) is 16.3. The first kappa shape index (κ1) is 33.2. The summed E-state index contributed by atoms with van der Waals surface area (Å²) in [7, 11) is 1.60. The Bertz CT molecular complexity index is 2100. The van der Waals surface area contributed by atoms with Gasteiger partial charge >= 0.3 is 0 Å². The van der Waals surface area contributed by atoms with Crippen LogP contribution in [0.4, 0.5) is 0 Å². The lowest BCUT2D eigenvalue weighted by Crippen LogP contribution is -2.43. The zero-order valence-electron chi connectivity index (χ0n) is 26.9. The molecular weight excluding hydrogens is 663 g/mol. The van der Waals surface area contributed by atoms with E-state index in [9.17, 15) is 14.7 Å². The van der Waals surface area contributed by atoms with E-state index in [1.165, 1.54) is 4.40 Å². The van der Waals surface area contributed by atoms with Crippen LogP contribution < -0.4 is 26.2 Å². The number of aliphatic hydroxyl groups is 1. The number of carbonyl (C=O) groups is 1. The van der Waals surface area contributed by atoms with Crippen molar-refractivity contribution in [3.05, 3.63) is 105 Å². The van der Waals surface area contributed by atoms with Gasteiger partial charge in [-0.15, -0.1) is 0 Å². The number of carbonyl (C=O) groups excluding carboxylic acids is 1. The topological polar surface area (TPSA) is 130 Å². The fourth-order valence-corrected chi connectivity index (χ4v) is 7.12. The summed E-state index contributed by atoms with van der Waals surface area (Å²) in [6.45, 7) is 1.53. The molecule has 2 fully saturated rings. The van der Waals surface area contributed by atoms with Crippen molar-refractivity contribution in [1.82, 2.24) is 30.3 Å². The minimum Gasteiger partial charge on any atom is -0.481 e. The summed E-state index contributed by atoms with van der Waals surface area (Å²) in [6, 6.07) is 19.5. The Balaban J connectivity index is 1.12. The maximum atomic E-state index is 13.2. The molecule has 1 saturated heterocycles. The minimum atomic E-state index is -0.221. The number of hydrogen-bond donors (Lipinski definition) is 4. The molecule has 3 aromatic heterocycles. The summed E-state index contributed by atoms with van der Waals surface area (Å²) >= 11 is 14.2. The Kier molecular flexibility index (Phi) is 9.66. The van der Waals surface area contributed by atoms with Gasteiger partial charge in [-0.3, -0.25) is 14.0 Å². The second-order valence-corrected chi connectivity index (χ2v) is 13.3. The number of aromatic nitrogens is 3. The van der Waals surface area contributed by atoms with Crippen molar-refractivity contribution in [3.8, 4) is 39.4 Å². The van der Waals surface area contributed by atoms with E-state index in [-0.39, 0.29) is 23.6 Å². The molecule has 4 N–H and O–H groups in total. The van der Waals surface area contributed by atoms with Crippen LogP contribution in [0, 0.1) is 0 Å². The lowest BCUT2D eigenvalue weighted by Gasteiger charge is -2.32. The van der Waals surface area contributed by atoms with Gasteiger partial charge in [0.15, 0.2) is 0 Å². The molecule has 12 heteroatoms. The third-order valence-corrected chi connectivity index (χ3v) is 10.1. The monoisotopic (exact) mass is 698 g/mol. The molecule has 49 heavy (non-hydrogen) atoms. The van der Waals surface area contributed by atoms with E-state index in [0.717, 1.165) is 52.6 Å². The summed E-state index contributed by atoms with van der Waals surface area (Å²) in [5.74, 6) is 0.575. The number of methoxy groups -OCH3 is 1. The molecule has 5 aromatic rings. The van der Waals surface area contributed by atoms with E-state index in [0.29, 0.717) is 64.9 Å². The van der Waals surface area contributed by atoms with E-state index < -0.39 is 0 Å². The van der Waals surface area contributed by atoms with Gasteiger partial charge in [0.05, 0.1) is 29.0 Å². The van der Waals surface area contributed by atoms with Gasteiger partial charge in [-0.2, -0.15) is 0 Å². The number of pyridine rings is 2. The summed E-state index contributed by atoms with van der Waals surface area (Å²) < 4.78 is 7.15. The third kappa shape index (κ3) is 6.92. The molecule has 2 aromatic carbocycles. The highest BCUT2D eigenvalue weighted by Crippen LogP contribution is 2.42. The van der Waals surface area contributed by atoms with Crippen LogP contribution in [0.2, 0.25) is 10.0 Å². The summed E-state index contributed by atoms with van der Waals surface area (Å²) in [5, 5.41) is 20.2. The highest BCUT2D eigenvalue weighted by Gasteiger charge is 2.27. The number of fused-ring (bicyclic) bond motifs is 1. The van der Waals surface area contributed by atoms with E-state index in [4.69, 9.17) is 32.9 Å². The molecule has 1 saturated carbocycles. The average molecular weight is 700 g/mol. The summed E-state index contributed by atoms with van der Waals surface area (Å²) in [4.78, 5) is 34.0. The van der Waals surface area contributed by atoms with Crippen LogP contribution in [0.5, 0.6) is 5.88 Å². The maximum absolute atomic E-state index is 13.2. The number of aliphatic hydroxyl groups excluding tert-OH is 1. The van der Waals surface area contributed by atoms with Crippen molar-refractivity contribution in [3.63, 3.8) is 0 Å². The molecule has 10 nitrogen and oxygen atoms in total. The Morgan fingerprint density at radius 1 is 0.959 bits per heavy atom. The third-order valence-electron chi connectivity index (χ3n) is 9.27. The van der Waals surface area contributed by atoms with E-state index in [1.807, 2.05) is 60.7 Å². The number of benzene rings is 2. The fourth-order valence-electron chi connectivity index (χ4n) is 6.45. The Morgan fingerprint density at radius 2 is 1.69 bits per heavy atom. The van der Waals surface area contributed by atoms with Gasteiger partial charge in [-0.05, 0) is 43.0 Å². The van der Waals surface area contributed by atoms with Crippen LogP contribution in [0.15, 0.2) is 77.9 Å². The van der Waals surface area contributed by atoms with Gasteiger partial charge in [0.1, 0.15) is 5.65 Å². The predicted octanol–water partition coefficient (Wildman–Crippen LogP) is 5.39. The highest BCUT2D eigenvalue weighted by atomic mass is 35.5. The van der Waals surface area contributed by atoms with Crippen LogP contribution >= 0.6 is 23.2 Å². The summed E-state index contributed by atoms with van der Waals surface area (Å²) in [5.41, 5.74) is 6.31. The Hall–Kier alpha value is -4.32. The minimum absolute atomic E-state index is 0.0629. The van der Waals surface area contributed by atoms with Crippen LogP contribution in [0.1, 0.15) is 36.8 Å². The first-order valence-corrected chi connectivity index (χ1v) is 17.1. The second-order valence-electron chi connectivity index (χ2n) is 12.6. The Morgan fingerprint density at radius 3 is 2.41 bits per heavy atom. The molecule has 1 amide bonds. The lowest BCUT2D eigenvalue weighted by molar-refractivity contribution is -0.119. The van der Waals surface area contributed by atoms with Gasteiger partial charge in [-0.25, -0.2) is 9.97 Å². The van der Waals surface area contributed by atoms with Crippen molar-refractivity contribution in [2.75, 3.05) is 13.7 Å². The van der Waals surface area contributed by atoms with Crippen LogP contribution in [-0.4, -0.2) is 57.2 Å². The van der Waals surface area contributed by atoms with Crippen LogP contribution in [0.25, 0.3) is 39.2 Å². The summed E-state index contributed by atoms with van der Waals surface area (Å²) in [6.07, 6.45) is 5.92. The zero-order valence-corrected chi connectivity index (χ0v) is 28.4. The van der Waals surface area contributed by atoms with Crippen molar-refractivity contribution in [2.24, 2.45) is 0 Å². The number of nitrogens with one attached hydrogen (secondary N) is 3. The standard InChI is InChI=1S/C37H36Cl2N6O4/c1-49-36-22(18-41-25-15-26(46)16-25)8-10-31(44-36)30-7-3-6-29(35(30)39)28-5-2-4-27(34(28)38)21-12-13-45-32(14-21)42-19-23(37(45)48)17-40-20-24-9-11-33(47)43-24/h2-8,10,12-14,19,24-26,40-41,46H,9,11,15-18,20H2,1H3,(H,43,47)/t24-,25-,26+/m1/s1. The van der Waals surface area contributed by atoms with Crippen molar-refractivity contribution >= 4 is 34.8 Å². The number of ether oxygens (including phenoxy) is 1. The SMILES string of the molecule is COc1nc(-c2cccc(-c3cccc(-c4ccn5c(=O)c(CNC[C@H]6CCC(=O)N6)cnc5c4)c3Cl)c2Cl)ccc1CN[C@H]1C[C@@H](O)C1. The molecule has 1 aliphatic heterocycles. The van der Waals surface area contributed by atoms with Crippen molar-refractivity contribution < 1.29 is 14.6 Å². The van der Waals surface area contributed by atoms with Gasteiger partial charge in [0.2, 0.25) is 11.8 Å². The van der Waals surface area contributed by atoms with Crippen LogP contribution in [-0.2, 0) is 17.9 Å². The van der Waals surface area contributed by atoms with Crippen molar-refractivity contribution in [1.29, 1.82) is 0 Å². The zero-order chi connectivity index (χ0) is 34.1. The van der Waals surface area contributed by atoms with Gasteiger partial charge in [0.25, 0.3) is 5.56 Å². The number of rotatable bonds is 11. The lowest BCUT2D eigenvalue weighted by atomic mass is 9.89. The molecule has 0 bridgehead atoms. The van der Waals surface area contributed by atoms with E-state index in [2.05, 4.69) is 20.9 Å². The smallest absolute Gasteiger partial charge is 0.262 e. The van der Waals surface area contributed by atoms with Crippen LogP contribution in [0.3, 0.4) is 0 Å². The molecule has 0 radical (unpaired) electrons. The molecule has 2 aliphatic rings. The molecule has 4 heterocycles. The van der Waals surface area contributed by atoms with Gasteiger partial charge < -0.3 is 25.8 Å². The number of halogens is 2. The largest absolute Gasteiger partial charge is 0.481 e. The predicted molar refractivity (Wildman–Crippen MR) is 191 cm³/mol. The van der Waals surface area contributed by atoms with E-state index >= 15 is 0 Å². The molecular formula is C37H36Cl2N6O4. The van der Waals surface area contributed by atoms with Gasteiger partial charge in [-0.1, -0.05) is 65.7 Å². The quantitative estimate of drug-likeness (QED) is 0.145. The molecule has 1 atom stereocenters. The first-order chi connectivity index (χ1) is 23.8. The molecule has 0 unspecified atom stereocenters. The second kappa shape index (κ2) is 14.3. The molecule has 1 aliphatic carbocycles. The highest BCUT2D eigenvalue weighted by molar-refractivity contribution is 6.39. The molecule has 7 rings (SSSR count). The maximum Gasteiger partial charge on any atom is 0.262 e. The molecule has 252 valence electrons. The van der Waals surface area contributed by atoms with Gasteiger partial charge in [0, 0.05) is 83.9 Å². The van der Waals surface area contributed by atoms with Crippen molar-refractivity contribution in [2.45, 2.75) is 57.0 Å². The average Bonchev–Trinajstić information content (AvgIpc) is 3.52. The molecule has 0 spiro atoms. The normalized spacial score (nSPS) is 18.8. The fraction of sp³-hybridized carbons (Fsp3) is 0.297. The number of hydrogen-bond acceptors (Lipinski definition) is 8. The van der Waals surface area contributed by atoms with E-state index in [1.54, 1.807) is 19.5 Å². The number of nitrogens with zero attached hydrogens (tertiary/aromatic N) is 3. The number of amides is 1.